The zero-order valence-corrected chi connectivity index (χ0v) is 16.3. The zero-order valence-electron chi connectivity index (χ0n) is 16.3. The van der Waals surface area contributed by atoms with E-state index in [0.29, 0.717) is 28.7 Å². The Bertz CT molecular complexity index is 1190. The summed E-state index contributed by atoms with van der Waals surface area (Å²) in [5, 5.41) is 7.16. The van der Waals surface area contributed by atoms with Gasteiger partial charge in [0.15, 0.2) is 5.82 Å². The molecule has 0 aliphatic rings. The van der Waals surface area contributed by atoms with Crippen molar-refractivity contribution in [3.05, 3.63) is 89.8 Å². The first-order valence-corrected chi connectivity index (χ1v) is 9.18. The van der Waals surface area contributed by atoms with E-state index in [1.54, 1.807) is 35.0 Å². The third-order valence-electron chi connectivity index (χ3n) is 4.30. The van der Waals surface area contributed by atoms with Crippen molar-refractivity contribution < 1.29 is 13.9 Å². The van der Waals surface area contributed by atoms with Crippen molar-refractivity contribution in [1.29, 1.82) is 0 Å². The first kappa shape index (κ1) is 19.3. The molecule has 1 N–H and O–H groups in total. The highest BCUT2D eigenvalue weighted by Gasteiger charge is 2.09. The van der Waals surface area contributed by atoms with Crippen molar-refractivity contribution in [3.63, 3.8) is 0 Å². The van der Waals surface area contributed by atoms with E-state index in [0.717, 1.165) is 11.4 Å². The summed E-state index contributed by atoms with van der Waals surface area (Å²) in [5.74, 6) is 0.810. The highest BCUT2D eigenvalue weighted by atomic mass is 19.1. The summed E-state index contributed by atoms with van der Waals surface area (Å²) >= 11 is 0. The van der Waals surface area contributed by atoms with Gasteiger partial charge in [0, 0.05) is 23.0 Å². The van der Waals surface area contributed by atoms with Gasteiger partial charge in [-0.25, -0.2) is 19.0 Å². The maximum absolute atomic E-state index is 13.0. The molecule has 0 radical (unpaired) electrons. The Morgan fingerprint density at radius 3 is 2.40 bits per heavy atom. The van der Waals surface area contributed by atoms with Crippen molar-refractivity contribution in [3.8, 4) is 17.4 Å². The Labute approximate surface area is 172 Å². The minimum atomic E-state index is -0.390. The zero-order chi connectivity index (χ0) is 21.1. The average Bonchev–Trinajstić information content (AvgIpc) is 3.08. The van der Waals surface area contributed by atoms with E-state index in [2.05, 4.69) is 20.4 Å². The predicted octanol–water partition coefficient (Wildman–Crippen LogP) is 4.46. The van der Waals surface area contributed by atoms with Crippen LogP contribution in [0.4, 0.5) is 10.1 Å². The first-order valence-electron chi connectivity index (χ1n) is 9.18. The van der Waals surface area contributed by atoms with Gasteiger partial charge in [0.2, 0.25) is 5.88 Å². The van der Waals surface area contributed by atoms with E-state index in [4.69, 9.17) is 4.74 Å². The van der Waals surface area contributed by atoms with E-state index < -0.39 is 5.82 Å². The number of aryl methyl sites for hydroxylation is 2. The normalized spacial score (nSPS) is 10.6. The lowest BCUT2D eigenvalue weighted by atomic mass is 10.2. The molecule has 2 heterocycles. The molecule has 0 spiro atoms. The van der Waals surface area contributed by atoms with Gasteiger partial charge in [0.25, 0.3) is 5.91 Å². The molecule has 8 heteroatoms. The molecule has 2 aromatic heterocycles. The van der Waals surface area contributed by atoms with Crippen LogP contribution in [0.25, 0.3) is 5.82 Å². The number of carbonyl (C=O) groups is 1. The smallest absolute Gasteiger partial charge is 0.255 e. The standard InChI is InChI=1S/C22H18FN5O2/c1-14-11-15(2)28(27-14)20-12-21(25-13-24-20)30-19-9-7-18(8-10-19)26-22(29)16-3-5-17(23)6-4-16/h3-13H,1-2H3,(H,26,29). The van der Waals surface area contributed by atoms with Crippen molar-refractivity contribution in [2.24, 2.45) is 0 Å². The van der Waals surface area contributed by atoms with Gasteiger partial charge in [-0.2, -0.15) is 5.10 Å². The number of benzene rings is 2. The number of hydrogen-bond donors (Lipinski definition) is 1. The molecule has 150 valence electrons. The largest absolute Gasteiger partial charge is 0.439 e. The molecular weight excluding hydrogens is 385 g/mol. The summed E-state index contributed by atoms with van der Waals surface area (Å²) in [6.07, 6.45) is 1.42. The molecule has 0 fully saturated rings. The lowest BCUT2D eigenvalue weighted by Crippen LogP contribution is -2.11. The van der Waals surface area contributed by atoms with Crippen molar-refractivity contribution >= 4 is 11.6 Å². The maximum Gasteiger partial charge on any atom is 0.255 e. The van der Waals surface area contributed by atoms with Crippen molar-refractivity contribution in [2.75, 3.05) is 5.32 Å². The summed E-state index contributed by atoms with van der Waals surface area (Å²) < 4.78 is 20.5. The van der Waals surface area contributed by atoms with Gasteiger partial charge in [0.1, 0.15) is 17.9 Å². The number of amides is 1. The van der Waals surface area contributed by atoms with Crippen LogP contribution in [0.1, 0.15) is 21.7 Å². The Balaban J connectivity index is 1.45. The number of halogens is 1. The Kier molecular flexibility index (Phi) is 5.21. The third-order valence-corrected chi connectivity index (χ3v) is 4.30. The molecule has 2 aromatic carbocycles. The number of anilines is 1. The summed E-state index contributed by atoms with van der Waals surface area (Å²) in [4.78, 5) is 20.6. The Morgan fingerprint density at radius 2 is 1.73 bits per heavy atom. The topological polar surface area (TPSA) is 81.9 Å². The van der Waals surface area contributed by atoms with Gasteiger partial charge in [-0.1, -0.05) is 0 Å². The van der Waals surface area contributed by atoms with Crippen LogP contribution in [0.15, 0.2) is 67.0 Å². The van der Waals surface area contributed by atoms with Crippen molar-refractivity contribution in [2.45, 2.75) is 13.8 Å². The predicted molar refractivity (Wildman–Crippen MR) is 109 cm³/mol. The highest BCUT2D eigenvalue weighted by Crippen LogP contribution is 2.23. The van der Waals surface area contributed by atoms with Crippen LogP contribution in [0.3, 0.4) is 0 Å². The summed E-state index contributed by atoms with van der Waals surface area (Å²) in [7, 11) is 0. The SMILES string of the molecule is Cc1cc(C)n(-c2cc(Oc3ccc(NC(=O)c4ccc(F)cc4)cc3)ncn2)n1. The molecule has 0 bridgehead atoms. The average molecular weight is 403 g/mol. The van der Waals surface area contributed by atoms with Crippen LogP contribution in [0.5, 0.6) is 11.6 Å². The van der Waals surface area contributed by atoms with Gasteiger partial charge >= 0.3 is 0 Å². The molecule has 0 unspecified atom stereocenters. The van der Waals surface area contributed by atoms with Gasteiger partial charge in [0.05, 0.1) is 5.69 Å². The third kappa shape index (κ3) is 4.33. The van der Waals surface area contributed by atoms with Gasteiger partial charge < -0.3 is 10.1 Å². The van der Waals surface area contributed by atoms with E-state index in [1.165, 1.54) is 30.6 Å². The number of ether oxygens (including phenoxy) is 1. The summed E-state index contributed by atoms with van der Waals surface area (Å²) in [6, 6.07) is 15.8. The van der Waals surface area contributed by atoms with Crippen LogP contribution < -0.4 is 10.1 Å². The quantitative estimate of drug-likeness (QED) is 0.532. The lowest BCUT2D eigenvalue weighted by Gasteiger charge is -2.09. The number of rotatable bonds is 5. The fourth-order valence-corrected chi connectivity index (χ4v) is 2.89. The second-order valence-electron chi connectivity index (χ2n) is 6.64. The molecule has 0 aliphatic carbocycles. The molecule has 0 saturated carbocycles. The number of carbonyl (C=O) groups excluding carboxylic acids is 1. The van der Waals surface area contributed by atoms with Crippen molar-refractivity contribution in [1.82, 2.24) is 19.7 Å². The lowest BCUT2D eigenvalue weighted by molar-refractivity contribution is 0.102. The molecular formula is C22H18FN5O2. The monoisotopic (exact) mass is 403 g/mol. The number of nitrogens with one attached hydrogen (secondary N) is 1. The number of aromatic nitrogens is 4. The molecule has 0 atom stereocenters. The maximum atomic E-state index is 13.0. The fraction of sp³-hybridized carbons (Fsp3) is 0.0909. The van der Waals surface area contributed by atoms with E-state index in [9.17, 15) is 9.18 Å². The molecule has 1 amide bonds. The van der Waals surface area contributed by atoms with Gasteiger partial charge in [-0.05, 0) is 68.4 Å². The van der Waals surface area contributed by atoms with Crippen LogP contribution in [-0.4, -0.2) is 25.7 Å². The second kappa shape index (κ2) is 8.12. The van der Waals surface area contributed by atoms with Crippen LogP contribution in [-0.2, 0) is 0 Å². The molecule has 30 heavy (non-hydrogen) atoms. The molecule has 0 saturated heterocycles. The molecule has 4 rings (SSSR count). The highest BCUT2D eigenvalue weighted by molar-refractivity contribution is 6.04. The van der Waals surface area contributed by atoms with Gasteiger partial charge in [-0.15, -0.1) is 0 Å². The minimum Gasteiger partial charge on any atom is -0.439 e. The van der Waals surface area contributed by atoms with E-state index in [1.807, 2.05) is 19.9 Å². The molecule has 7 nitrogen and oxygen atoms in total. The van der Waals surface area contributed by atoms with E-state index in [-0.39, 0.29) is 5.91 Å². The summed E-state index contributed by atoms with van der Waals surface area (Å²) in [5.41, 5.74) is 2.81. The molecule has 0 aliphatic heterocycles. The minimum absolute atomic E-state index is 0.325. The number of hydrogen-bond acceptors (Lipinski definition) is 5. The first-order chi connectivity index (χ1) is 14.5. The Morgan fingerprint density at radius 1 is 1.00 bits per heavy atom. The number of nitrogens with zero attached hydrogens (tertiary/aromatic N) is 4. The van der Waals surface area contributed by atoms with Crippen LogP contribution in [0, 0.1) is 19.7 Å². The Hall–Kier alpha value is -4.07. The fourth-order valence-electron chi connectivity index (χ4n) is 2.89. The molecule has 4 aromatic rings. The van der Waals surface area contributed by atoms with Gasteiger partial charge in [-0.3, -0.25) is 4.79 Å². The van der Waals surface area contributed by atoms with Crippen LogP contribution >= 0.6 is 0 Å². The van der Waals surface area contributed by atoms with E-state index >= 15 is 0 Å². The van der Waals surface area contributed by atoms with Crippen LogP contribution in [0.2, 0.25) is 0 Å². The second-order valence-corrected chi connectivity index (χ2v) is 6.64. The summed E-state index contributed by atoms with van der Waals surface area (Å²) in [6.45, 7) is 3.86.